The average Bonchev–Trinajstić information content (AvgIpc) is 2.70. The minimum absolute atomic E-state index is 0.105. The van der Waals surface area contributed by atoms with Gasteiger partial charge in [0.15, 0.2) is 0 Å². The Kier molecular flexibility index (Phi) is 4.60. The maximum atomic E-state index is 5.73. The van der Waals surface area contributed by atoms with Crippen LogP contribution in [-0.2, 0) is 0 Å². The van der Waals surface area contributed by atoms with Crippen LogP contribution in [0.3, 0.4) is 0 Å². The highest BCUT2D eigenvalue weighted by atomic mass is 32.1. The van der Waals surface area contributed by atoms with Gasteiger partial charge in [0.25, 0.3) is 0 Å². The Balaban J connectivity index is 2.19. The van der Waals surface area contributed by atoms with E-state index in [1.165, 1.54) is 4.88 Å². The topological polar surface area (TPSA) is 47.0 Å². The van der Waals surface area contributed by atoms with E-state index in [2.05, 4.69) is 22.2 Å². The largest absolute Gasteiger partial charge is 0.473 e. The van der Waals surface area contributed by atoms with Crippen molar-refractivity contribution in [1.29, 1.82) is 0 Å². The molecular weight excluding hydrogens is 270 g/mol. The number of aromatic nitrogens is 2. The van der Waals surface area contributed by atoms with Gasteiger partial charge in [0.1, 0.15) is 0 Å². The molecule has 0 saturated heterocycles. The quantitative estimate of drug-likeness (QED) is 0.900. The lowest BCUT2D eigenvalue weighted by Crippen LogP contribution is -2.12. The van der Waals surface area contributed by atoms with E-state index in [9.17, 15) is 0 Å². The lowest BCUT2D eigenvalue weighted by atomic mass is 10.2. The number of aryl methyl sites for hydroxylation is 2. The SMILES string of the molecule is Cc1nc(C)c(C(C)Nc2cccnc2OC(C)C)s1. The lowest BCUT2D eigenvalue weighted by molar-refractivity contribution is 0.234. The van der Waals surface area contributed by atoms with Crippen molar-refractivity contribution in [2.24, 2.45) is 0 Å². The number of anilines is 1. The van der Waals surface area contributed by atoms with Crippen molar-refractivity contribution >= 4 is 17.0 Å². The van der Waals surface area contributed by atoms with Gasteiger partial charge in [-0.1, -0.05) is 0 Å². The van der Waals surface area contributed by atoms with E-state index in [1.54, 1.807) is 17.5 Å². The third-order valence-electron chi connectivity index (χ3n) is 2.82. The van der Waals surface area contributed by atoms with Gasteiger partial charge in [-0.2, -0.15) is 0 Å². The molecule has 2 aromatic heterocycles. The van der Waals surface area contributed by atoms with Crippen LogP contribution in [0.4, 0.5) is 5.69 Å². The first kappa shape index (κ1) is 14.8. The molecular formula is C15H21N3OS. The molecule has 0 amide bonds. The van der Waals surface area contributed by atoms with Gasteiger partial charge in [-0.3, -0.25) is 0 Å². The second-order valence-electron chi connectivity index (χ2n) is 5.07. The fraction of sp³-hybridized carbons (Fsp3) is 0.467. The Morgan fingerprint density at radius 2 is 2.00 bits per heavy atom. The lowest BCUT2D eigenvalue weighted by Gasteiger charge is -2.18. The Bertz CT molecular complexity index is 580. The maximum Gasteiger partial charge on any atom is 0.237 e. The molecule has 0 bridgehead atoms. The molecule has 5 heteroatoms. The third kappa shape index (κ3) is 3.48. The molecule has 20 heavy (non-hydrogen) atoms. The zero-order valence-corrected chi connectivity index (χ0v) is 13.4. The maximum absolute atomic E-state index is 5.73. The summed E-state index contributed by atoms with van der Waals surface area (Å²) >= 11 is 1.73. The number of thiazole rings is 1. The molecule has 1 N–H and O–H groups in total. The van der Waals surface area contributed by atoms with Crippen LogP contribution in [0.2, 0.25) is 0 Å². The summed E-state index contributed by atoms with van der Waals surface area (Å²) in [5.74, 6) is 0.647. The number of hydrogen-bond donors (Lipinski definition) is 1. The number of nitrogens with one attached hydrogen (secondary N) is 1. The molecule has 0 aliphatic heterocycles. The predicted octanol–water partition coefficient (Wildman–Crippen LogP) is 4.12. The van der Waals surface area contributed by atoms with E-state index >= 15 is 0 Å². The van der Waals surface area contributed by atoms with Gasteiger partial charge in [-0.25, -0.2) is 9.97 Å². The monoisotopic (exact) mass is 291 g/mol. The Hall–Kier alpha value is -1.62. The molecule has 4 nitrogen and oxygen atoms in total. The summed E-state index contributed by atoms with van der Waals surface area (Å²) in [5, 5.41) is 4.56. The molecule has 0 spiro atoms. The molecule has 2 rings (SSSR count). The van der Waals surface area contributed by atoms with E-state index in [4.69, 9.17) is 4.74 Å². The van der Waals surface area contributed by atoms with E-state index in [0.717, 1.165) is 16.4 Å². The van der Waals surface area contributed by atoms with Gasteiger partial charge >= 0.3 is 0 Å². The van der Waals surface area contributed by atoms with Crippen molar-refractivity contribution in [3.05, 3.63) is 33.9 Å². The number of pyridine rings is 1. The number of rotatable bonds is 5. The number of nitrogens with zero attached hydrogens (tertiary/aromatic N) is 2. The van der Waals surface area contributed by atoms with Crippen molar-refractivity contribution < 1.29 is 4.74 Å². The number of ether oxygens (including phenoxy) is 1. The van der Waals surface area contributed by atoms with Crippen molar-refractivity contribution in [2.45, 2.75) is 46.8 Å². The summed E-state index contributed by atoms with van der Waals surface area (Å²) < 4.78 is 5.73. The minimum Gasteiger partial charge on any atom is -0.473 e. The van der Waals surface area contributed by atoms with Crippen LogP contribution >= 0.6 is 11.3 Å². The van der Waals surface area contributed by atoms with Crippen LogP contribution < -0.4 is 10.1 Å². The smallest absolute Gasteiger partial charge is 0.237 e. The summed E-state index contributed by atoms with van der Waals surface area (Å²) in [4.78, 5) is 10.0. The molecule has 2 aromatic rings. The van der Waals surface area contributed by atoms with Gasteiger partial charge in [0.2, 0.25) is 5.88 Å². The zero-order chi connectivity index (χ0) is 14.7. The van der Waals surface area contributed by atoms with Crippen LogP contribution in [-0.4, -0.2) is 16.1 Å². The van der Waals surface area contributed by atoms with Crippen molar-refractivity contribution in [2.75, 3.05) is 5.32 Å². The van der Waals surface area contributed by atoms with Crippen LogP contribution in [0.1, 0.15) is 42.4 Å². The van der Waals surface area contributed by atoms with E-state index in [1.807, 2.05) is 39.8 Å². The highest BCUT2D eigenvalue weighted by Gasteiger charge is 2.15. The Labute approximate surface area is 124 Å². The number of hydrogen-bond acceptors (Lipinski definition) is 5. The van der Waals surface area contributed by atoms with E-state index in [-0.39, 0.29) is 12.1 Å². The predicted molar refractivity (Wildman–Crippen MR) is 83.6 cm³/mol. The molecule has 0 aliphatic rings. The standard InChI is InChI=1S/C15H21N3OS/c1-9(2)19-15-13(7-6-8-16-15)18-11(4)14-10(3)17-12(5)20-14/h6-9,11,18H,1-5H3. The molecule has 2 heterocycles. The van der Waals surface area contributed by atoms with Gasteiger partial charge < -0.3 is 10.1 Å². The summed E-state index contributed by atoms with van der Waals surface area (Å²) in [6, 6.07) is 4.08. The normalized spacial score (nSPS) is 12.5. The molecule has 1 unspecified atom stereocenters. The van der Waals surface area contributed by atoms with Crippen LogP contribution in [0.5, 0.6) is 5.88 Å². The summed E-state index contributed by atoms with van der Waals surface area (Å²) in [6.45, 7) is 10.2. The molecule has 108 valence electrons. The van der Waals surface area contributed by atoms with Crippen molar-refractivity contribution in [3.8, 4) is 5.88 Å². The Morgan fingerprint density at radius 3 is 2.60 bits per heavy atom. The molecule has 0 aromatic carbocycles. The fourth-order valence-corrected chi connectivity index (χ4v) is 3.00. The first-order valence-electron chi connectivity index (χ1n) is 6.79. The van der Waals surface area contributed by atoms with Crippen molar-refractivity contribution in [1.82, 2.24) is 9.97 Å². The van der Waals surface area contributed by atoms with Crippen LogP contribution in [0.25, 0.3) is 0 Å². The fourth-order valence-electron chi connectivity index (χ4n) is 2.07. The molecule has 0 saturated carbocycles. The molecule has 0 aliphatic carbocycles. The average molecular weight is 291 g/mol. The molecule has 0 radical (unpaired) electrons. The highest BCUT2D eigenvalue weighted by Crippen LogP contribution is 2.30. The Morgan fingerprint density at radius 1 is 1.25 bits per heavy atom. The van der Waals surface area contributed by atoms with Gasteiger partial charge in [-0.05, 0) is 46.8 Å². The first-order valence-corrected chi connectivity index (χ1v) is 7.61. The van der Waals surface area contributed by atoms with E-state index < -0.39 is 0 Å². The second kappa shape index (κ2) is 6.22. The van der Waals surface area contributed by atoms with Gasteiger partial charge in [0, 0.05) is 11.1 Å². The van der Waals surface area contributed by atoms with E-state index in [0.29, 0.717) is 5.88 Å². The molecule has 0 fully saturated rings. The second-order valence-corrected chi connectivity index (χ2v) is 6.31. The van der Waals surface area contributed by atoms with Crippen LogP contribution in [0.15, 0.2) is 18.3 Å². The minimum atomic E-state index is 0.105. The summed E-state index contributed by atoms with van der Waals surface area (Å²) in [7, 11) is 0. The van der Waals surface area contributed by atoms with Crippen molar-refractivity contribution in [3.63, 3.8) is 0 Å². The van der Waals surface area contributed by atoms with Gasteiger partial charge in [-0.15, -0.1) is 11.3 Å². The highest BCUT2D eigenvalue weighted by molar-refractivity contribution is 7.11. The summed E-state index contributed by atoms with van der Waals surface area (Å²) in [5.41, 5.74) is 2.00. The summed E-state index contributed by atoms with van der Waals surface area (Å²) in [6.07, 6.45) is 1.85. The van der Waals surface area contributed by atoms with Gasteiger partial charge in [0.05, 0.1) is 28.5 Å². The first-order chi connectivity index (χ1) is 9.47. The van der Waals surface area contributed by atoms with Crippen LogP contribution in [0, 0.1) is 13.8 Å². The third-order valence-corrected chi connectivity index (χ3v) is 4.08. The zero-order valence-electron chi connectivity index (χ0n) is 12.6. The molecule has 1 atom stereocenters.